The Hall–Kier alpha value is -3.24. The molecule has 11 heteroatoms. The van der Waals surface area contributed by atoms with Gasteiger partial charge in [0.2, 0.25) is 0 Å². The lowest BCUT2D eigenvalue weighted by Gasteiger charge is -2.03. The topological polar surface area (TPSA) is 140 Å². The predicted molar refractivity (Wildman–Crippen MR) is 98.9 cm³/mol. The molecule has 2 aromatic carbocycles. The molecule has 0 saturated heterocycles. The molecular formula is C15H10ClN5O4S. The minimum absolute atomic E-state index is 0.0313. The SMILES string of the molecule is NC(=O)Nc1ccc2nc(NC(=O)c3cc([N+](=O)[O-])ccc3Cl)sc2c1. The van der Waals surface area contributed by atoms with E-state index < -0.39 is 16.9 Å². The largest absolute Gasteiger partial charge is 0.351 e. The molecule has 3 aromatic rings. The number of primary amides is 1. The van der Waals surface area contributed by atoms with Crippen molar-refractivity contribution in [3.05, 3.63) is 57.1 Å². The van der Waals surface area contributed by atoms with Crippen LogP contribution in [-0.2, 0) is 0 Å². The molecule has 0 unspecified atom stereocenters. The van der Waals surface area contributed by atoms with Gasteiger partial charge in [-0.2, -0.15) is 0 Å². The molecule has 0 aliphatic rings. The van der Waals surface area contributed by atoms with Crippen LogP contribution < -0.4 is 16.4 Å². The number of nitro groups is 1. The van der Waals surface area contributed by atoms with Crippen molar-refractivity contribution in [2.45, 2.75) is 0 Å². The normalized spacial score (nSPS) is 10.5. The van der Waals surface area contributed by atoms with Crippen LogP contribution in [-0.4, -0.2) is 21.8 Å². The fourth-order valence-electron chi connectivity index (χ4n) is 2.16. The van der Waals surface area contributed by atoms with Crippen LogP contribution in [0.4, 0.5) is 21.3 Å². The fourth-order valence-corrected chi connectivity index (χ4v) is 3.27. The first-order valence-corrected chi connectivity index (χ1v) is 8.25. The highest BCUT2D eigenvalue weighted by atomic mass is 35.5. The molecule has 0 radical (unpaired) electrons. The number of fused-ring (bicyclic) bond motifs is 1. The number of urea groups is 1. The number of nitrogens with one attached hydrogen (secondary N) is 2. The number of carbonyl (C=O) groups is 2. The standard InChI is InChI=1S/C15H10ClN5O4S/c16-10-3-2-8(21(24)25)6-9(10)13(22)20-15-19-11-4-1-7(18-14(17)23)5-12(11)26-15/h1-6H,(H3,17,18,23)(H,19,20,22). The number of thiazole rings is 1. The molecule has 1 aromatic heterocycles. The third-order valence-corrected chi connectivity index (χ3v) is 4.55. The molecule has 0 fully saturated rings. The van der Waals surface area contributed by atoms with Gasteiger partial charge in [-0.15, -0.1) is 0 Å². The van der Waals surface area contributed by atoms with Gasteiger partial charge in [0.1, 0.15) is 0 Å². The molecule has 0 atom stereocenters. The zero-order valence-electron chi connectivity index (χ0n) is 12.9. The minimum Gasteiger partial charge on any atom is -0.351 e. The van der Waals surface area contributed by atoms with Gasteiger partial charge < -0.3 is 11.1 Å². The first-order chi connectivity index (χ1) is 12.3. The van der Waals surface area contributed by atoms with Crippen LogP contribution in [0.15, 0.2) is 36.4 Å². The van der Waals surface area contributed by atoms with Gasteiger partial charge in [0, 0.05) is 17.8 Å². The lowest BCUT2D eigenvalue weighted by molar-refractivity contribution is -0.384. The summed E-state index contributed by atoms with van der Waals surface area (Å²) in [4.78, 5) is 37.8. The maximum absolute atomic E-state index is 12.4. The van der Waals surface area contributed by atoms with Gasteiger partial charge in [-0.3, -0.25) is 20.2 Å². The Kier molecular flexibility index (Phi) is 4.69. The highest BCUT2D eigenvalue weighted by Crippen LogP contribution is 2.29. The Labute approximate surface area is 154 Å². The molecule has 0 spiro atoms. The van der Waals surface area contributed by atoms with Crippen molar-refractivity contribution in [2.24, 2.45) is 5.73 Å². The number of halogens is 1. The maximum Gasteiger partial charge on any atom is 0.316 e. The average molecular weight is 392 g/mol. The van der Waals surface area contributed by atoms with Crippen LogP contribution in [0.25, 0.3) is 10.2 Å². The molecule has 3 rings (SSSR count). The van der Waals surface area contributed by atoms with Gasteiger partial charge in [0.15, 0.2) is 5.13 Å². The summed E-state index contributed by atoms with van der Waals surface area (Å²) in [5, 5.41) is 16.2. The number of rotatable bonds is 4. The maximum atomic E-state index is 12.4. The van der Waals surface area contributed by atoms with Crippen LogP contribution in [0, 0.1) is 10.1 Å². The second kappa shape index (κ2) is 6.94. The molecule has 132 valence electrons. The van der Waals surface area contributed by atoms with Gasteiger partial charge in [-0.05, 0) is 24.3 Å². The summed E-state index contributed by atoms with van der Waals surface area (Å²) in [5.41, 5.74) is 5.89. The van der Waals surface area contributed by atoms with Gasteiger partial charge >= 0.3 is 6.03 Å². The number of benzene rings is 2. The summed E-state index contributed by atoms with van der Waals surface area (Å²) in [6.07, 6.45) is 0. The van der Waals surface area contributed by atoms with Gasteiger partial charge in [0.05, 0.1) is 25.7 Å². The summed E-state index contributed by atoms with van der Waals surface area (Å²) in [6.45, 7) is 0. The van der Waals surface area contributed by atoms with E-state index in [0.717, 1.165) is 6.07 Å². The molecule has 0 saturated carbocycles. The average Bonchev–Trinajstić information content (AvgIpc) is 2.95. The molecule has 0 bridgehead atoms. The highest BCUT2D eigenvalue weighted by molar-refractivity contribution is 7.22. The van der Waals surface area contributed by atoms with Gasteiger partial charge in [-0.25, -0.2) is 9.78 Å². The Morgan fingerprint density at radius 2 is 1.96 bits per heavy atom. The number of nitrogens with two attached hydrogens (primary N) is 1. The first kappa shape index (κ1) is 17.6. The summed E-state index contributed by atoms with van der Waals surface area (Å²) >= 11 is 7.12. The third kappa shape index (κ3) is 3.71. The van der Waals surface area contributed by atoms with E-state index in [2.05, 4.69) is 15.6 Å². The van der Waals surface area contributed by atoms with Gasteiger partial charge in [-0.1, -0.05) is 22.9 Å². The smallest absolute Gasteiger partial charge is 0.316 e. The number of hydrogen-bond acceptors (Lipinski definition) is 6. The Bertz CT molecular complexity index is 1050. The highest BCUT2D eigenvalue weighted by Gasteiger charge is 2.17. The number of non-ortho nitro benzene ring substituents is 1. The number of anilines is 2. The van der Waals surface area contributed by atoms with E-state index in [4.69, 9.17) is 17.3 Å². The zero-order valence-corrected chi connectivity index (χ0v) is 14.4. The van der Waals surface area contributed by atoms with Crippen LogP contribution in [0.3, 0.4) is 0 Å². The van der Waals surface area contributed by atoms with Crippen molar-refractivity contribution in [1.82, 2.24) is 4.98 Å². The van der Waals surface area contributed by atoms with Crippen molar-refractivity contribution < 1.29 is 14.5 Å². The number of hydrogen-bond donors (Lipinski definition) is 3. The minimum atomic E-state index is -0.692. The summed E-state index contributed by atoms with van der Waals surface area (Å²) in [5.74, 6) is -0.617. The van der Waals surface area contributed by atoms with E-state index in [9.17, 15) is 19.7 Å². The summed E-state index contributed by atoms with van der Waals surface area (Å²) in [6, 6.07) is 7.85. The fraction of sp³-hybridized carbons (Fsp3) is 0. The first-order valence-electron chi connectivity index (χ1n) is 7.06. The van der Waals surface area contributed by atoms with E-state index in [1.165, 1.54) is 23.5 Å². The monoisotopic (exact) mass is 391 g/mol. The number of nitro benzene ring substituents is 1. The van der Waals surface area contributed by atoms with Crippen molar-refractivity contribution in [2.75, 3.05) is 10.6 Å². The predicted octanol–water partition coefficient (Wildman–Crippen LogP) is 3.60. The Morgan fingerprint density at radius 1 is 1.19 bits per heavy atom. The quantitative estimate of drug-likeness (QED) is 0.460. The van der Waals surface area contributed by atoms with Crippen molar-refractivity contribution in [3.8, 4) is 0 Å². The molecule has 1 heterocycles. The van der Waals surface area contributed by atoms with Crippen molar-refractivity contribution in [1.29, 1.82) is 0 Å². The molecule has 3 amide bonds. The zero-order chi connectivity index (χ0) is 18.8. The number of aromatic nitrogens is 1. The van der Waals surface area contributed by atoms with E-state index in [0.29, 0.717) is 15.9 Å². The third-order valence-electron chi connectivity index (χ3n) is 3.28. The number of amides is 3. The molecule has 26 heavy (non-hydrogen) atoms. The lowest BCUT2D eigenvalue weighted by atomic mass is 10.2. The second-order valence-electron chi connectivity index (χ2n) is 5.07. The number of carbonyl (C=O) groups excluding carboxylic acids is 2. The van der Waals surface area contributed by atoms with Crippen molar-refractivity contribution >= 4 is 61.6 Å². The van der Waals surface area contributed by atoms with E-state index in [1.807, 2.05) is 0 Å². The van der Waals surface area contributed by atoms with Crippen molar-refractivity contribution in [3.63, 3.8) is 0 Å². The van der Waals surface area contributed by atoms with Crippen LogP contribution in [0.2, 0.25) is 5.02 Å². The van der Waals surface area contributed by atoms with Crippen LogP contribution >= 0.6 is 22.9 Å². The molecular weight excluding hydrogens is 382 g/mol. The summed E-state index contributed by atoms with van der Waals surface area (Å²) < 4.78 is 0.705. The Morgan fingerprint density at radius 3 is 2.65 bits per heavy atom. The van der Waals surface area contributed by atoms with E-state index in [1.54, 1.807) is 18.2 Å². The second-order valence-corrected chi connectivity index (χ2v) is 6.50. The van der Waals surface area contributed by atoms with E-state index >= 15 is 0 Å². The molecule has 0 aliphatic heterocycles. The molecule has 0 aliphatic carbocycles. The van der Waals surface area contributed by atoms with Crippen LogP contribution in [0.5, 0.6) is 0 Å². The van der Waals surface area contributed by atoms with E-state index in [-0.39, 0.29) is 21.4 Å². The van der Waals surface area contributed by atoms with Crippen LogP contribution in [0.1, 0.15) is 10.4 Å². The molecule has 9 nitrogen and oxygen atoms in total. The lowest BCUT2D eigenvalue weighted by Crippen LogP contribution is -2.19. The summed E-state index contributed by atoms with van der Waals surface area (Å²) in [7, 11) is 0. The Balaban J connectivity index is 1.86. The van der Waals surface area contributed by atoms with Gasteiger partial charge in [0.25, 0.3) is 11.6 Å². The number of nitrogens with zero attached hydrogens (tertiary/aromatic N) is 2. The molecule has 4 N–H and O–H groups in total.